The Hall–Kier alpha value is -1.64. The van der Waals surface area contributed by atoms with Gasteiger partial charge in [-0.2, -0.15) is 0 Å². The SMILES string of the molecule is CC(C)CC(=O)CC(=O)OCc1ccccc1. The highest BCUT2D eigenvalue weighted by Crippen LogP contribution is 2.05. The first kappa shape index (κ1) is 13.4. The predicted octanol–water partition coefficient (Wildman–Crippen LogP) is 2.74. The largest absolute Gasteiger partial charge is 0.460 e. The summed E-state index contributed by atoms with van der Waals surface area (Å²) in [5.41, 5.74) is 0.928. The van der Waals surface area contributed by atoms with Crippen molar-refractivity contribution in [3.05, 3.63) is 35.9 Å². The van der Waals surface area contributed by atoms with E-state index < -0.39 is 5.97 Å². The number of benzene rings is 1. The average molecular weight is 234 g/mol. The number of hydrogen-bond donors (Lipinski definition) is 0. The molecule has 0 aromatic heterocycles. The first-order valence-corrected chi connectivity index (χ1v) is 5.79. The van der Waals surface area contributed by atoms with Crippen molar-refractivity contribution >= 4 is 11.8 Å². The molecule has 0 unspecified atom stereocenters. The van der Waals surface area contributed by atoms with E-state index in [1.54, 1.807) is 0 Å². The lowest BCUT2D eigenvalue weighted by Gasteiger charge is -2.05. The van der Waals surface area contributed by atoms with Crippen molar-refractivity contribution in [1.82, 2.24) is 0 Å². The molecule has 0 aliphatic heterocycles. The second-order valence-electron chi connectivity index (χ2n) is 4.46. The van der Waals surface area contributed by atoms with Crippen LogP contribution in [0.3, 0.4) is 0 Å². The van der Waals surface area contributed by atoms with Gasteiger partial charge in [0.05, 0.1) is 0 Å². The molecule has 0 radical (unpaired) electrons. The molecule has 0 atom stereocenters. The van der Waals surface area contributed by atoms with Crippen LogP contribution in [0.1, 0.15) is 32.3 Å². The van der Waals surface area contributed by atoms with Gasteiger partial charge in [0.2, 0.25) is 0 Å². The van der Waals surface area contributed by atoms with Crippen LogP contribution in [-0.2, 0) is 20.9 Å². The molecule has 1 rings (SSSR count). The van der Waals surface area contributed by atoms with Gasteiger partial charge in [-0.3, -0.25) is 9.59 Å². The van der Waals surface area contributed by atoms with Crippen molar-refractivity contribution in [1.29, 1.82) is 0 Å². The summed E-state index contributed by atoms with van der Waals surface area (Å²) in [6, 6.07) is 9.42. The topological polar surface area (TPSA) is 43.4 Å². The molecule has 0 spiro atoms. The highest BCUT2D eigenvalue weighted by atomic mass is 16.5. The number of rotatable bonds is 6. The molecular formula is C14H18O3. The van der Waals surface area contributed by atoms with Gasteiger partial charge < -0.3 is 4.74 Å². The highest BCUT2D eigenvalue weighted by Gasteiger charge is 2.12. The molecule has 0 saturated heterocycles. The molecule has 0 bridgehead atoms. The van der Waals surface area contributed by atoms with Crippen molar-refractivity contribution in [2.24, 2.45) is 5.92 Å². The van der Waals surface area contributed by atoms with Gasteiger partial charge in [0.25, 0.3) is 0 Å². The Bertz CT molecular complexity index is 368. The maximum atomic E-state index is 11.4. The fourth-order valence-corrected chi connectivity index (χ4v) is 1.48. The molecule has 1 aromatic carbocycles. The summed E-state index contributed by atoms with van der Waals surface area (Å²) in [7, 11) is 0. The summed E-state index contributed by atoms with van der Waals surface area (Å²) < 4.78 is 5.02. The first-order chi connectivity index (χ1) is 8.08. The molecule has 3 nitrogen and oxygen atoms in total. The van der Waals surface area contributed by atoms with Gasteiger partial charge in [0.1, 0.15) is 18.8 Å². The van der Waals surface area contributed by atoms with Crippen molar-refractivity contribution in [2.45, 2.75) is 33.3 Å². The average Bonchev–Trinajstić information content (AvgIpc) is 2.26. The Labute approximate surface area is 102 Å². The van der Waals surface area contributed by atoms with Crippen LogP contribution >= 0.6 is 0 Å². The van der Waals surface area contributed by atoms with Crippen LogP contribution in [0.15, 0.2) is 30.3 Å². The van der Waals surface area contributed by atoms with E-state index in [2.05, 4.69) is 0 Å². The second-order valence-corrected chi connectivity index (χ2v) is 4.46. The lowest BCUT2D eigenvalue weighted by molar-refractivity contribution is -0.147. The molecule has 3 heteroatoms. The minimum Gasteiger partial charge on any atom is -0.460 e. The van der Waals surface area contributed by atoms with E-state index in [1.807, 2.05) is 44.2 Å². The van der Waals surface area contributed by atoms with Crippen molar-refractivity contribution in [2.75, 3.05) is 0 Å². The molecule has 0 saturated carbocycles. The highest BCUT2D eigenvalue weighted by molar-refractivity contribution is 5.95. The molecule has 0 aliphatic carbocycles. The molecule has 0 aliphatic rings. The van der Waals surface area contributed by atoms with Gasteiger partial charge in [-0.1, -0.05) is 44.2 Å². The monoisotopic (exact) mass is 234 g/mol. The first-order valence-electron chi connectivity index (χ1n) is 5.79. The van der Waals surface area contributed by atoms with Gasteiger partial charge in [-0.05, 0) is 11.5 Å². The van der Waals surface area contributed by atoms with E-state index in [-0.39, 0.29) is 24.7 Å². The predicted molar refractivity (Wildman–Crippen MR) is 65.3 cm³/mol. The number of Topliss-reactive ketones (excluding diaryl/α,β-unsaturated/α-hetero) is 1. The van der Waals surface area contributed by atoms with Gasteiger partial charge >= 0.3 is 5.97 Å². The fourth-order valence-electron chi connectivity index (χ4n) is 1.48. The third kappa shape index (κ3) is 5.85. The Kier molecular flexibility index (Phi) is 5.40. The summed E-state index contributed by atoms with van der Waals surface area (Å²) in [6.45, 7) is 4.13. The zero-order valence-electron chi connectivity index (χ0n) is 10.3. The number of hydrogen-bond acceptors (Lipinski definition) is 3. The Morgan fingerprint density at radius 2 is 1.82 bits per heavy atom. The van der Waals surface area contributed by atoms with E-state index in [4.69, 9.17) is 4.74 Å². The van der Waals surface area contributed by atoms with Crippen LogP contribution in [0.4, 0.5) is 0 Å². The Morgan fingerprint density at radius 1 is 1.18 bits per heavy atom. The molecule has 17 heavy (non-hydrogen) atoms. The summed E-state index contributed by atoms with van der Waals surface area (Å²) in [5, 5.41) is 0. The normalized spacial score (nSPS) is 10.3. The minimum atomic E-state index is -0.445. The van der Waals surface area contributed by atoms with Crippen molar-refractivity contribution in [3.63, 3.8) is 0 Å². The summed E-state index contributed by atoms with van der Waals surface area (Å²) in [5.74, 6) is -0.220. The zero-order valence-corrected chi connectivity index (χ0v) is 10.3. The van der Waals surface area contributed by atoms with E-state index in [0.717, 1.165) is 5.56 Å². The number of ketones is 1. The lowest BCUT2D eigenvalue weighted by Crippen LogP contribution is -2.12. The molecule has 0 fully saturated rings. The minimum absolute atomic E-state index is 0.0574. The van der Waals surface area contributed by atoms with Crippen molar-refractivity contribution < 1.29 is 14.3 Å². The van der Waals surface area contributed by atoms with Crippen LogP contribution in [0.5, 0.6) is 0 Å². The zero-order chi connectivity index (χ0) is 12.7. The van der Waals surface area contributed by atoms with Crippen LogP contribution < -0.4 is 0 Å². The number of esters is 1. The van der Waals surface area contributed by atoms with E-state index in [1.165, 1.54) is 0 Å². The van der Waals surface area contributed by atoms with Crippen LogP contribution in [0, 0.1) is 5.92 Å². The van der Waals surface area contributed by atoms with E-state index in [0.29, 0.717) is 6.42 Å². The second kappa shape index (κ2) is 6.84. The number of carbonyl (C=O) groups excluding carboxylic acids is 2. The fraction of sp³-hybridized carbons (Fsp3) is 0.429. The maximum absolute atomic E-state index is 11.4. The van der Waals surface area contributed by atoms with Gasteiger partial charge in [0, 0.05) is 6.42 Å². The third-order valence-corrected chi connectivity index (χ3v) is 2.22. The molecule has 0 N–H and O–H groups in total. The molecule has 1 aromatic rings. The number of carbonyl (C=O) groups is 2. The van der Waals surface area contributed by atoms with E-state index >= 15 is 0 Å². The Morgan fingerprint density at radius 3 is 2.41 bits per heavy atom. The molecular weight excluding hydrogens is 216 g/mol. The van der Waals surface area contributed by atoms with E-state index in [9.17, 15) is 9.59 Å². The van der Waals surface area contributed by atoms with Crippen LogP contribution in [-0.4, -0.2) is 11.8 Å². The molecule has 0 heterocycles. The molecule has 92 valence electrons. The van der Waals surface area contributed by atoms with Crippen LogP contribution in [0.25, 0.3) is 0 Å². The summed E-state index contributed by atoms with van der Waals surface area (Å²) in [6.07, 6.45) is 0.311. The van der Waals surface area contributed by atoms with Gasteiger partial charge in [-0.25, -0.2) is 0 Å². The van der Waals surface area contributed by atoms with Gasteiger partial charge in [0.15, 0.2) is 0 Å². The smallest absolute Gasteiger partial charge is 0.313 e. The molecule has 0 amide bonds. The quantitative estimate of drug-likeness (QED) is 0.561. The van der Waals surface area contributed by atoms with Crippen LogP contribution in [0.2, 0.25) is 0 Å². The third-order valence-electron chi connectivity index (χ3n) is 2.22. The standard InChI is InChI=1S/C14H18O3/c1-11(2)8-13(15)9-14(16)17-10-12-6-4-3-5-7-12/h3-7,11H,8-10H2,1-2H3. The lowest BCUT2D eigenvalue weighted by atomic mass is 10.1. The van der Waals surface area contributed by atoms with Crippen molar-refractivity contribution in [3.8, 4) is 0 Å². The Balaban J connectivity index is 2.28. The summed E-state index contributed by atoms with van der Waals surface area (Å²) >= 11 is 0. The van der Waals surface area contributed by atoms with Gasteiger partial charge in [-0.15, -0.1) is 0 Å². The maximum Gasteiger partial charge on any atom is 0.313 e. The summed E-state index contributed by atoms with van der Waals surface area (Å²) in [4.78, 5) is 22.7. The number of ether oxygens (including phenoxy) is 1.